The molecular formula is C17H20N2O3S2. The summed E-state index contributed by atoms with van der Waals surface area (Å²) >= 11 is 1.56. The smallest absolute Gasteiger partial charge is 0.319 e. The summed E-state index contributed by atoms with van der Waals surface area (Å²) in [6, 6.07) is 13.5. The molecule has 1 atom stereocenters. The van der Waals surface area contributed by atoms with Gasteiger partial charge in [0.2, 0.25) is 0 Å². The summed E-state index contributed by atoms with van der Waals surface area (Å²) in [4.78, 5) is 13.4. The number of carbonyl (C=O) groups excluding carboxylic acids is 1. The minimum absolute atomic E-state index is 0.250. The van der Waals surface area contributed by atoms with Crippen molar-refractivity contribution >= 4 is 33.3 Å². The van der Waals surface area contributed by atoms with Gasteiger partial charge in [-0.1, -0.05) is 24.3 Å². The number of hydrogen-bond acceptors (Lipinski definition) is 4. The van der Waals surface area contributed by atoms with E-state index in [0.717, 1.165) is 16.1 Å². The summed E-state index contributed by atoms with van der Waals surface area (Å²) in [6.07, 6.45) is 3.12. The third kappa shape index (κ3) is 4.75. The van der Waals surface area contributed by atoms with Gasteiger partial charge in [0, 0.05) is 11.2 Å². The number of benzene rings is 2. The predicted octanol–water partition coefficient (Wildman–Crippen LogP) is 3.69. The fourth-order valence-electron chi connectivity index (χ4n) is 2.19. The van der Waals surface area contributed by atoms with Crippen molar-refractivity contribution in [2.45, 2.75) is 22.8 Å². The third-order valence-electron chi connectivity index (χ3n) is 3.51. The maximum absolute atomic E-state index is 12.2. The Kier molecular flexibility index (Phi) is 5.90. The van der Waals surface area contributed by atoms with E-state index in [0.29, 0.717) is 0 Å². The van der Waals surface area contributed by atoms with Crippen molar-refractivity contribution in [2.24, 2.45) is 0 Å². The Labute approximate surface area is 146 Å². The van der Waals surface area contributed by atoms with Gasteiger partial charge in [0.15, 0.2) is 9.84 Å². The van der Waals surface area contributed by atoms with E-state index in [-0.39, 0.29) is 17.0 Å². The van der Waals surface area contributed by atoms with Gasteiger partial charge in [0.05, 0.1) is 16.6 Å². The zero-order valence-electron chi connectivity index (χ0n) is 13.7. The fraction of sp³-hybridized carbons (Fsp3) is 0.235. The maximum Gasteiger partial charge on any atom is 0.319 e. The summed E-state index contributed by atoms with van der Waals surface area (Å²) in [7, 11) is -3.22. The molecule has 128 valence electrons. The molecule has 0 heterocycles. The molecule has 2 aromatic carbocycles. The van der Waals surface area contributed by atoms with E-state index in [4.69, 9.17) is 0 Å². The van der Waals surface area contributed by atoms with Crippen LogP contribution in [0.3, 0.4) is 0 Å². The SMILES string of the molecule is CSc1ccccc1NC(=O)NC(C)c1ccc(S(C)(=O)=O)cc1. The summed E-state index contributed by atoms with van der Waals surface area (Å²) < 4.78 is 22.9. The van der Waals surface area contributed by atoms with Gasteiger partial charge in [-0.05, 0) is 43.0 Å². The molecule has 0 bridgehead atoms. The number of hydrogen-bond donors (Lipinski definition) is 2. The lowest BCUT2D eigenvalue weighted by Gasteiger charge is -2.16. The van der Waals surface area contributed by atoms with Crippen LogP contribution >= 0.6 is 11.8 Å². The van der Waals surface area contributed by atoms with Crippen LogP contribution in [-0.4, -0.2) is 27.0 Å². The van der Waals surface area contributed by atoms with Crippen molar-refractivity contribution in [1.82, 2.24) is 5.32 Å². The molecule has 2 aromatic rings. The molecule has 0 fully saturated rings. The third-order valence-corrected chi connectivity index (χ3v) is 5.44. The van der Waals surface area contributed by atoms with Gasteiger partial charge < -0.3 is 10.6 Å². The Balaban J connectivity index is 2.03. The minimum Gasteiger partial charge on any atom is -0.331 e. The first kappa shape index (κ1) is 18.4. The van der Waals surface area contributed by atoms with Crippen LogP contribution in [0.25, 0.3) is 0 Å². The first-order valence-corrected chi connectivity index (χ1v) is 10.4. The number of anilines is 1. The number of urea groups is 1. The van der Waals surface area contributed by atoms with E-state index in [1.54, 1.807) is 36.0 Å². The van der Waals surface area contributed by atoms with E-state index in [9.17, 15) is 13.2 Å². The molecule has 2 amide bonds. The first-order valence-electron chi connectivity index (χ1n) is 7.32. The number of sulfone groups is 1. The predicted molar refractivity (Wildman–Crippen MR) is 98.3 cm³/mol. The number of carbonyl (C=O) groups is 1. The van der Waals surface area contributed by atoms with Gasteiger partial charge >= 0.3 is 6.03 Å². The van der Waals surface area contributed by atoms with E-state index in [1.807, 2.05) is 37.4 Å². The maximum atomic E-state index is 12.2. The van der Waals surface area contributed by atoms with Crippen LogP contribution in [0.5, 0.6) is 0 Å². The Morgan fingerprint density at radius 2 is 1.71 bits per heavy atom. The Morgan fingerprint density at radius 3 is 2.29 bits per heavy atom. The number of para-hydroxylation sites is 1. The van der Waals surface area contributed by atoms with Crippen LogP contribution in [0.15, 0.2) is 58.3 Å². The summed E-state index contributed by atoms with van der Waals surface area (Å²) in [5.74, 6) is 0. The van der Waals surface area contributed by atoms with Crippen LogP contribution in [0.1, 0.15) is 18.5 Å². The van der Waals surface area contributed by atoms with Gasteiger partial charge in [-0.3, -0.25) is 0 Å². The summed E-state index contributed by atoms with van der Waals surface area (Å²) in [6.45, 7) is 1.84. The van der Waals surface area contributed by atoms with Crippen molar-refractivity contribution in [3.05, 3.63) is 54.1 Å². The zero-order chi connectivity index (χ0) is 17.7. The first-order chi connectivity index (χ1) is 11.3. The molecule has 0 spiro atoms. The molecule has 0 aliphatic heterocycles. The highest BCUT2D eigenvalue weighted by molar-refractivity contribution is 7.98. The number of nitrogens with one attached hydrogen (secondary N) is 2. The lowest BCUT2D eigenvalue weighted by molar-refractivity contribution is 0.249. The van der Waals surface area contributed by atoms with E-state index < -0.39 is 9.84 Å². The van der Waals surface area contributed by atoms with Gasteiger partial charge in [-0.15, -0.1) is 11.8 Å². The lowest BCUT2D eigenvalue weighted by atomic mass is 10.1. The second-order valence-electron chi connectivity index (χ2n) is 5.36. The molecule has 0 aliphatic carbocycles. The molecule has 2 rings (SSSR count). The van der Waals surface area contributed by atoms with Gasteiger partial charge in [0.25, 0.3) is 0 Å². The van der Waals surface area contributed by atoms with Crippen molar-refractivity contribution in [3.8, 4) is 0 Å². The molecule has 0 aromatic heterocycles. The van der Waals surface area contributed by atoms with Gasteiger partial charge in [-0.2, -0.15) is 0 Å². The summed E-state index contributed by atoms with van der Waals surface area (Å²) in [5.41, 5.74) is 1.58. The fourth-order valence-corrected chi connectivity index (χ4v) is 3.37. The quantitative estimate of drug-likeness (QED) is 0.794. The minimum atomic E-state index is -3.22. The molecule has 0 saturated carbocycles. The van der Waals surface area contributed by atoms with Crippen molar-refractivity contribution in [1.29, 1.82) is 0 Å². The average molecular weight is 364 g/mol. The molecule has 0 saturated heterocycles. The second kappa shape index (κ2) is 7.72. The highest BCUT2D eigenvalue weighted by Crippen LogP contribution is 2.24. The molecule has 2 N–H and O–H groups in total. The molecule has 7 heteroatoms. The number of rotatable bonds is 5. The molecule has 0 radical (unpaired) electrons. The van der Waals surface area contributed by atoms with Crippen LogP contribution < -0.4 is 10.6 Å². The number of amides is 2. The van der Waals surface area contributed by atoms with E-state index >= 15 is 0 Å². The molecule has 1 unspecified atom stereocenters. The van der Waals surface area contributed by atoms with Crippen LogP contribution in [0, 0.1) is 0 Å². The van der Waals surface area contributed by atoms with Gasteiger partial charge in [0.1, 0.15) is 0 Å². The Morgan fingerprint density at radius 1 is 1.08 bits per heavy atom. The summed E-state index contributed by atoms with van der Waals surface area (Å²) in [5, 5.41) is 5.68. The van der Waals surface area contributed by atoms with Crippen molar-refractivity contribution in [2.75, 3.05) is 17.8 Å². The standard InChI is InChI=1S/C17H20N2O3S2/c1-12(13-8-10-14(11-9-13)24(3,21)22)18-17(20)19-15-6-4-5-7-16(15)23-2/h4-12H,1-3H3,(H2,18,19,20). The average Bonchev–Trinajstić information content (AvgIpc) is 2.54. The molecule has 24 heavy (non-hydrogen) atoms. The van der Waals surface area contributed by atoms with E-state index in [2.05, 4.69) is 10.6 Å². The number of thioether (sulfide) groups is 1. The van der Waals surface area contributed by atoms with Crippen LogP contribution in [-0.2, 0) is 9.84 Å². The lowest BCUT2D eigenvalue weighted by Crippen LogP contribution is -2.31. The second-order valence-corrected chi connectivity index (χ2v) is 8.23. The monoisotopic (exact) mass is 364 g/mol. The van der Waals surface area contributed by atoms with Crippen LogP contribution in [0.2, 0.25) is 0 Å². The molecular weight excluding hydrogens is 344 g/mol. The van der Waals surface area contributed by atoms with Gasteiger partial charge in [-0.25, -0.2) is 13.2 Å². The molecule has 0 aliphatic rings. The highest BCUT2D eigenvalue weighted by atomic mass is 32.2. The zero-order valence-corrected chi connectivity index (χ0v) is 15.4. The highest BCUT2D eigenvalue weighted by Gasteiger charge is 2.12. The van der Waals surface area contributed by atoms with Crippen molar-refractivity contribution in [3.63, 3.8) is 0 Å². The largest absolute Gasteiger partial charge is 0.331 e. The molecule has 5 nitrogen and oxygen atoms in total. The topological polar surface area (TPSA) is 75.3 Å². The Hall–Kier alpha value is -1.99. The van der Waals surface area contributed by atoms with Crippen LogP contribution in [0.4, 0.5) is 10.5 Å². The van der Waals surface area contributed by atoms with Crippen molar-refractivity contribution < 1.29 is 13.2 Å². The Bertz CT molecular complexity index is 818. The van der Waals surface area contributed by atoms with E-state index in [1.165, 1.54) is 6.26 Å². The normalized spacial score (nSPS) is 12.5.